The molecule has 3 rings (SSSR count). The van der Waals surface area contributed by atoms with E-state index in [9.17, 15) is 4.79 Å². The zero-order valence-corrected chi connectivity index (χ0v) is 13.1. The SMILES string of the molecule is CC(C)C1CCCN1C(=O)Cc1ccc(-n2cnnc2)cc1. The van der Waals surface area contributed by atoms with E-state index in [4.69, 9.17) is 0 Å². The van der Waals surface area contributed by atoms with Crippen LogP contribution < -0.4 is 0 Å². The first-order chi connectivity index (χ1) is 10.6. The fraction of sp³-hybridized carbons (Fsp3) is 0.471. The van der Waals surface area contributed by atoms with E-state index in [1.54, 1.807) is 12.7 Å². The Morgan fingerprint density at radius 1 is 1.23 bits per heavy atom. The van der Waals surface area contributed by atoms with Crippen LogP contribution in [0.15, 0.2) is 36.9 Å². The maximum atomic E-state index is 12.5. The van der Waals surface area contributed by atoms with Gasteiger partial charge in [0.25, 0.3) is 0 Å². The van der Waals surface area contributed by atoms with Gasteiger partial charge in [0.1, 0.15) is 12.7 Å². The standard InChI is InChI=1S/C17H22N4O/c1-13(2)16-4-3-9-21(16)17(22)10-14-5-7-15(8-6-14)20-11-18-19-12-20/h5-8,11-13,16H,3-4,9-10H2,1-2H3. The highest BCUT2D eigenvalue weighted by Crippen LogP contribution is 2.24. The first kappa shape index (κ1) is 14.8. The molecule has 1 aromatic carbocycles. The number of carbonyl (C=O) groups excluding carboxylic acids is 1. The van der Waals surface area contributed by atoms with E-state index in [1.165, 1.54) is 0 Å². The molecule has 1 aromatic heterocycles. The van der Waals surface area contributed by atoms with Crippen LogP contribution >= 0.6 is 0 Å². The Balaban J connectivity index is 1.67. The summed E-state index contributed by atoms with van der Waals surface area (Å²) in [7, 11) is 0. The van der Waals surface area contributed by atoms with Crippen LogP contribution in [0.4, 0.5) is 0 Å². The molecule has 5 heteroatoms. The van der Waals surface area contributed by atoms with Crippen LogP contribution in [0.2, 0.25) is 0 Å². The summed E-state index contributed by atoms with van der Waals surface area (Å²) in [6, 6.07) is 8.41. The molecule has 0 aliphatic carbocycles. The van der Waals surface area contributed by atoms with Crippen molar-refractivity contribution in [3.05, 3.63) is 42.5 Å². The summed E-state index contributed by atoms with van der Waals surface area (Å²) >= 11 is 0. The van der Waals surface area contributed by atoms with E-state index in [0.717, 1.165) is 30.6 Å². The van der Waals surface area contributed by atoms with Gasteiger partial charge in [0.15, 0.2) is 0 Å². The highest BCUT2D eigenvalue weighted by atomic mass is 16.2. The molecule has 1 saturated heterocycles. The molecular formula is C17H22N4O. The van der Waals surface area contributed by atoms with Crippen molar-refractivity contribution in [2.45, 2.75) is 39.2 Å². The molecule has 1 amide bonds. The van der Waals surface area contributed by atoms with Gasteiger partial charge in [0.05, 0.1) is 6.42 Å². The maximum absolute atomic E-state index is 12.5. The molecule has 2 heterocycles. The van der Waals surface area contributed by atoms with Crippen LogP contribution in [-0.4, -0.2) is 38.2 Å². The van der Waals surface area contributed by atoms with Crippen LogP contribution in [-0.2, 0) is 11.2 Å². The largest absolute Gasteiger partial charge is 0.339 e. The van der Waals surface area contributed by atoms with E-state index in [0.29, 0.717) is 18.4 Å². The van der Waals surface area contributed by atoms with Crippen LogP contribution in [0.1, 0.15) is 32.3 Å². The smallest absolute Gasteiger partial charge is 0.227 e. The van der Waals surface area contributed by atoms with E-state index in [2.05, 4.69) is 28.9 Å². The lowest BCUT2D eigenvalue weighted by molar-refractivity contribution is -0.132. The number of rotatable bonds is 4. The molecule has 0 spiro atoms. The van der Waals surface area contributed by atoms with Gasteiger partial charge in [-0.15, -0.1) is 10.2 Å². The average molecular weight is 298 g/mol. The Labute approximate surface area is 131 Å². The minimum Gasteiger partial charge on any atom is -0.339 e. The Morgan fingerprint density at radius 3 is 2.55 bits per heavy atom. The molecule has 22 heavy (non-hydrogen) atoms. The second-order valence-corrected chi connectivity index (χ2v) is 6.25. The van der Waals surface area contributed by atoms with Crippen molar-refractivity contribution in [1.82, 2.24) is 19.7 Å². The number of likely N-dealkylation sites (tertiary alicyclic amines) is 1. The molecule has 0 saturated carbocycles. The third-order valence-corrected chi connectivity index (χ3v) is 4.40. The Kier molecular flexibility index (Phi) is 4.22. The lowest BCUT2D eigenvalue weighted by atomic mass is 10.0. The van der Waals surface area contributed by atoms with Crippen molar-refractivity contribution in [1.29, 1.82) is 0 Å². The van der Waals surface area contributed by atoms with Crippen LogP contribution in [0.25, 0.3) is 5.69 Å². The zero-order chi connectivity index (χ0) is 15.5. The average Bonchev–Trinajstić information content (AvgIpc) is 3.19. The number of amides is 1. The number of hydrogen-bond acceptors (Lipinski definition) is 3. The third kappa shape index (κ3) is 3.03. The molecule has 1 unspecified atom stereocenters. The molecule has 1 fully saturated rings. The quantitative estimate of drug-likeness (QED) is 0.871. The summed E-state index contributed by atoms with van der Waals surface area (Å²) in [4.78, 5) is 14.6. The molecule has 0 radical (unpaired) electrons. The Hall–Kier alpha value is -2.17. The number of carbonyl (C=O) groups is 1. The molecule has 1 aliphatic heterocycles. The monoisotopic (exact) mass is 298 g/mol. The van der Waals surface area contributed by atoms with Gasteiger partial charge in [0.2, 0.25) is 5.91 Å². The number of hydrogen-bond donors (Lipinski definition) is 0. The summed E-state index contributed by atoms with van der Waals surface area (Å²) in [5, 5.41) is 7.60. The zero-order valence-electron chi connectivity index (χ0n) is 13.1. The predicted octanol–water partition coefficient (Wildman–Crippen LogP) is 2.46. The van der Waals surface area contributed by atoms with Gasteiger partial charge in [-0.1, -0.05) is 26.0 Å². The van der Waals surface area contributed by atoms with Crippen molar-refractivity contribution in [3.63, 3.8) is 0 Å². The minimum atomic E-state index is 0.244. The van der Waals surface area contributed by atoms with Gasteiger partial charge in [-0.2, -0.15) is 0 Å². The lowest BCUT2D eigenvalue weighted by Crippen LogP contribution is -2.39. The van der Waals surface area contributed by atoms with E-state index >= 15 is 0 Å². The van der Waals surface area contributed by atoms with Crippen LogP contribution in [0.5, 0.6) is 0 Å². The second-order valence-electron chi connectivity index (χ2n) is 6.25. The van der Waals surface area contributed by atoms with Crippen molar-refractivity contribution in [2.24, 2.45) is 5.92 Å². The normalized spacial score (nSPS) is 18.1. The molecule has 1 atom stereocenters. The summed E-state index contributed by atoms with van der Waals surface area (Å²) in [5.41, 5.74) is 2.05. The van der Waals surface area contributed by atoms with Crippen molar-refractivity contribution >= 4 is 5.91 Å². The fourth-order valence-electron chi connectivity index (χ4n) is 3.19. The first-order valence-electron chi connectivity index (χ1n) is 7.88. The van der Waals surface area contributed by atoms with Crippen LogP contribution in [0.3, 0.4) is 0 Å². The van der Waals surface area contributed by atoms with Gasteiger partial charge in [-0.3, -0.25) is 9.36 Å². The fourth-order valence-corrected chi connectivity index (χ4v) is 3.19. The molecule has 1 aliphatic rings. The summed E-state index contributed by atoms with van der Waals surface area (Å²) < 4.78 is 1.85. The van der Waals surface area contributed by atoms with Gasteiger partial charge in [-0.05, 0) is 36.5 Å². The Morgan fingerprint density at radius 2 is 1.91 bits per heavy atom. The van der Waals surface area contributed by atoms with Crippen molar-refractivity contribution < 1.29 is 4.79 Å². The van der Waals surface area contributed by atoms with Crippen molar-refractivity contribution in [2.75, 3.05) is 6.54 Å². The maximum Gasteiger partial charge on any atom is 0.227 e. The summed E-state index contributed by atoms with van der Waals surface area (Å²) in [5.74, 6) is 0.774. The van der Waals surface area contributed by atoms with Gasteiger partial charge in [-0.25, -0.2) is 0 Å². The van der Waals surface area contributed by atoms with E-state index in [-0.39, 0.29) is 5.91 Å². The van der Waals surface area contributed by atoms with E-state index < -0.39 is 0 Å². The highest BCUT2D eigenvalue weighted by molar-refractivity contribution is 5.79. The summed E-state index contributed by atoms with van der Waals surface area (Å²) in [6.07, 6.45) is 6.07. The van der Waals surface area contributed by atoms with Gasteiger partial charge < -0.3 is 4.90 Å². The highest BCUT2D eigenvalue weighted by Gasteiger charge is 2.30. The van der Waals surface area contributed by atoms with E-state index in [1.807, 2.05) is 28.8 Å². The predicted molar refractivity (Wildman–Crippen MR) is 84.6 cm³/mol. The van der Waals surface area contributed by atoms with Crippen LogP contribution in [0, 0.1) is 5.92 Å². The Bertz CT molecular complexity index is 619. The third-order valence-electron chi connectivity index (χ3n) is 4.40. The first-order valence-corrected chi connectivity index (χ1v) is 7.88. The molecule has 116 valence electrons. The summed E-state index contributed by atoms with van der Waals surface area (Å²) in [6.45, 7) is 5.30. The molecular weight excluding hydrogens is 276 g/mol. The molecule has 0 N–H and O–H groups in total. The van der Waals surface area contributed by atoms with Crippen molar-refractivity contribution in [3.8, 4) is 5.69 Å². The second kappa shape index (κ2) is 6.30. The lowest BCUT2D eigenvalue weighted by Gasteiger charge is -2.27. The molecule has 0 bridgehead atoms. The molecule has 5 nitrogen and oxygen atoms in total. The topological polar surface area (TPSA) is 51.0 Å². The molecule has 2 aromatic rings. The minimum absolute atomic E-state index is 0.244. The van der Waals surface area contributed by atoms with Gasteiger partial charge in [0, 0.05) is 18.3 Å². The number of aromatic nitrogens is 3. The number of nitrogens with zero attached hydrogens (tertiary/aromatic N) is 4. The number of benzene rings is 1. The van der Waals surface area contributed by atoms with Gasteiger partial charge >= 0.3 is 0 Å².